The smallest absolute Gasteiger partial charge is 0.201 e. The first-order valence-corrected chi connectivity index (χ1v) is 7.11. The summed E-state index contributed by atoms with van der Waals surface area (Å²) in [4.78, 5) is 2.42. The third-order valence-electron chi connectivity index (χ3n) is 4.23. The number of aromatic nitrogens is 4. The molecule has 0 aromatic carbocycles. The maximum absolute atomic E-state index is 5.27. The number of piperidine rings is 1. The monoisotopic (exact) mass is 275 g/mol. The van der Waals surface area contributed by atoms with Gasteiger partial charge in [0.05, 0.1) is 11.4 Å². The van der Waals surface area contributed by atoms with Crippen LogP contribution >= 0.6 is 0 Å². The van der Waals surface area contributed by atoms with Gasteiger partial charge in [0.25, 0.3) is 0 Å². The zero-order chi connectivity index (χ0) is 14.1. The molecule has 3 heterocycles. The van der Waals surface area contributed by atoms with Gasteiger partial charge in [0, 0.05) is 26.8 Å². The van der Waals surface area contributed by atoms with Crippen LogP contribution in [0.15, 0.2) is 6.33 Å². The van der Waals surface area contributed by atoms with Crippen LogP contribution < -0.4 is 4.90 Å². The summed E-state index contributed by atoms with van der Waals surface area (Å²) >= 11 is 0. The molecule has 1 saturated heterocycles. The molecule has 6 nitrogen and oxygen atoms in total. The highest BCUT2D eigenvalue weighted by Crippen LogP contribution is 2.30. The van der Waals surface area contributed by atoms with Crippen LogP contribution in [0.25, 0.3) is 5.65 Å². The molecule has 108 valence electrons. The van der Waals surface area contributed by atoms with E-state index in [1.54, 1.807) is 18.0 Å². The minimum atomic E-state index is 0.674. The molecule has 1 aliphatic heterocycles. The molecule has 3 rings (SSSR count). The summed E-state index contributed by atoms with van der Waals surface area (Å²) in [6.45, 7) is 7.10. The molecule has 20 heavy (non-hydrogen) atoms. The fraction of sp³-hybridized carbons (Fsp3) is 0.643. The lowest BCUT2D eigenvalue weighted by Gasteiger charge is -2.34. The fourth-order valence-electron chi connectivity index (χ4n) is 2.97. The lowest BCUT2D eigenvalue weighted by Crippen LogP contribution is -2.36. The number of methoxy groups -OCH3 is 1. The van der Waals surface area contributed by atoms with Gasteiger partial charge in [-0.1, -0.05) is 0 Å². The third-order valence-corrected chi connectivity index (χ3v) is 4.23. The number of anilines is 1. The van der Waals surface area contributed by atoms with Crippen LogP contribution in [-0.4, -0.2) is 46.6 Å². The number of ether oxygens (including phenoxy) is 1. The Morgan fingerprint density at radius 1 is 1.30 bits per heavy atom. The van der Waals surface area contributed by atoms with E-state index in [0.29, 0.717) is 5.92 Å². The van der Waals surface area contributed by atoms with Gasteiger partial charge in [0.1, 0.15) is 6.33 Å². The average molecular weight is 275 g/mol. The molecule has 1 aliphatic rings. The molecule has 0 radical (unpaired) electrons. The van der Waals surface area contributed by atoms with Gasteiger partial charge in [-0.05, 0) is 38.2 Å². The second-order valence-electron chi connectivity index (χ2n) is 5.54. The molecular formula is C14H21N5O. The summed E-state index contributed by atoms with van der Waals surface area (Å²) in [6.07, 6.45) is 3.99. The topological polar surface area (TPSA) is 55.5 Å². The van der Waals surface area contributed by atoms with Crippen LogP contribution in [0.2, 0.25) is 0 Å². The lowest BCUT2D eigenvalue weighted by atomic mass is 9.97. The SMILES string of the molecule is COCC1CCN(c2c(C)c(C)nn3cnnc23)CC1. The molecule has 0 aliphatic carbocycles. The molecule has 0 N–H and O–H groups in total. The van der Waals surface area contributed by atoms with Crippen molar-refractivity contribution < 1.29 is 4.74 Å². The van der Waals surface area contributed by atoms with E-state index in [4.69, 9.17) is 4.74 Å². The van der Waals surface area contributed by atoms with Gasteiger partial charge in [0.15, 0.2) is 0 Å². The molecule has 0 saturated carbocycles. The van der Waals surface area contributed by atoms with Gasteiger partial charge in [-0.3, -0.25) is 0 Å². The molecule has 0 bridgehead atoms. The second kappa shape index (κ2) is 5.36. The van der Waals surface area contributed by atoms with Crippen molar-refractivity contribution in [3.05, 3.63) is 17.6 Å². The highest BCUT2D eigenvalue weighted by molar-refractivity contribution is 5.72. The van der Waals surface area contributed by atoms with Gasteiger partial charge in [0.2, 0.25) is 5.65 Å². The maximum Gasteiger partial charge on any atom is 0.201 e. The third kappa shape index (κ3) is 2.24. The minimum Gasteiger partial charge on any atom is -0.384 e. The van der Waals surface area contributed by atoms with Gasteiger partial charge in [-0.2, -0.15) is 9.61 Å². The normalized spacial score (nSPS) is 17.1. The number of fused-ring (bicyclic) bond motifs is 1. The van der Waals surface area contributed by atoms with Crippen molar-refractivity contribution in [1.29, 1.82) is 0 Å². The van der Waals surface area contributed by atoms with Crippen LogP contribution in [0, 0.1) is 19.8 Å². The molecular weight excluding hydrogens is 254 g/mol. The van der Waals surface area contributed by atoms with Crippen LogP contribution in [0.5, 0.6) is 0 Å². The molecule has 0 atom stereocenters. The largest absolute Gasteiger partial charge is 0.384 e. The van der Waals surface area contributed by atoms with E-state index in [1.165, 1.54) is 11.3 Å². The Balaban J connectivity index is 1.91. The van der Waals surface area contributed by atoms with Gasteiger partial charge < -0.3 is 9.64 Å². The Morgan fingerprint density at radius 2 is 2.05 bits per heavy atom. The van der Waals surface area contributed by atoms with Crippen molar-refractivity contribution in [3.8, 4) is 0 Å². The van der Waals surface area contributed by atoms with Crippen molar-refractivity contribution >= 4 is 11.3 Å². The Morgan fingerprint density at radius 3 is 2.75 bits per heavy atom. The van der Waals surface area contributed by atoms with Crippen LogP contribution in [0.4, 0.5) is 5.69 Å². The average Bonchev–Trinajstić information content (AvgIpc) is 2.89. The second-order valence-corrected chi connectivity index (χ2v) is 5.54. The van der Waals surface area contributed by atoms with Crippen molar-refractivity contribution in [1.82, 2.24) is 19.8 Å². The minimum absolute atomic E-state index is 0.674. The van der Waals surface area contributed by atoms with E-state index >= 15 is 0 Å². The molecule has 2 aromatic heterocycles. The Hall–Kier alpha value is -1.69. The number of rotatable bonds is 3. The first-order chi connectivity index (χ1) is 9.70. The number of hydrogen-bond donors (Lipinski definition) is 0. The number of aryl methyl sites for hydroxylation is 1. The highest BCUT2D eigenvalue weighted by Gasteiger charge is 2.23. The summed E-state index contributed by atoms with van der Waals surface area (Å²) in [6, 6.07) is 0. The molecule has 1 fully saturated rings. The Labute approximate surface area is 118 Å². The van der Waals surface area contributed by atoms with Crippen molar-refractivity contribution in [2.45, 2.75) is 26.7 Å². The van der Waals surface area contributed by atoms with E-state index in [-0.39, 0.29) is 0 Å². The maximum atomic E-state index is 5.27. The van der Waals surface area contributed by atoms with Crippen LogP contribution in [0.1, 0.15) is 24.1 Å². The first-order valence-electron chi connectivity index (χ1n) is 7.11. The Kier molecular flexibility index (Phi) is 3.56. The lowest BCUT2D eigenvalue weighted by molar-refractivity contribution is 0.139. The summed E-state index contributed by atoms with van der Waals surface area (Å²) in [5, 5.41) is 12.7. The van der Waals surface area contributed by atoms with E-state index in [9.17, 15) is 0 Å². The predicted octanol–water partition coefficient (Wildman–Crippen LogP) is 1.60. The zero-order valence-corrected chi connectivity index (χ0v) is 12.3. The van der Waals surface area contributed by atoms with Crippen molar-refractivity contribution in [3.63, 3.8) is 0 Å². The van der Waals surface area contributed by atoms with E-state index in [2.05, 4.69) is 27.1 Å². The summed E-state index contributed by atoms with van der Waals surface area (Å²) in [7, 11) is 1.78. The molecule has 2 aromatic rings. The number of nitrogens with zero attached hydrogens (tertiary/aromatic N) is 5. The Bertz CT molecular complexity index is 601. The summed E-state index contributed by atoms with van der Waals surface area (Å²) in [5.41, 5.74) is 4.28. The van der Waals surface area contributed by atoms with Crippen LogP contribution in [-0.2, 0) is 4.74 Å². The fourth-order valence-corrected chi connectivity index (χ4v) is 2.97. The van der Waals surface area contributed by atoms with E-state index in [1.807, 2.05) is 6.92 Å². The van der Waals surface area contributed by atoms with Crippen molar-refractivity contribution in [2.24, 2.45) is 5.92 Å². The van der Waals surface area contributed by atoms with Crippen molar-refractivity contribution in [2.75, 3.05) is 31.7 Å². The van der Waals surface area contributed by atoms with Gasteiger partial charge >= 0.3 is 0 Å². The molecule has 0 unspecified atom stereocenters. The van der Waals surface area contributed by atoms with E-state index in [0.717, 1.165) is 43.9 Å². The zero-order valence-electron chi connectivity index (χ0n) is 12.3. The molecule has 6 heteroatoms. The number of hydrogen-bond acceptors (Lipinski definition) is 5. The van der Waals surface area contributed by atoms with Gasteiger partial charge in [-0.25, -0.2) is 0 Å². The molecule has 0 amide bonds. The van der Waals surface area contributed by atoms with E-state index < -0.39 is 0 Å². The molecule has 0 spiro atoms. The van der Waals surface area contributed by atoms with Gasteiger partial charge in [-0.15, -0.1) is 10.2 Å². The van der Waals surface area contributed by atoms with Crippen LogP contribution in [0.3, 0.4) is 0 Å². The standard InChI is InChI=1S/C14H21N5O/c1-10-11(2)17-19-9-15-16-14(19)13(10)18-6-4-12(5-7-18)8-20-3/h9,12H,4-8H2,1-3H3. The summed E-state index contributed by atoms with van der Waals surface area (Å²) in [5.74, 6) is 0.674. The summed E-state index contributed by atoms with van der Waals surface area (Å²) < 4.78 is 7.04. The first kappa shape index (κ1) is 13.3. The highest BCUT2D eigenvalue weighted by atomic mass is 16.5. The predicted molar refractivity (Wildman–Crippen MR) is 77.1 cm³/mol. The quantitative estimate of drug-likeness (QED) is 0.851.